The van der Waals surface area contributed by atoms with Crippen molar-refractivity contribution in [3.05, 3.63) is 47.5 Å². The Morgan fingerprint density at radius 1 is 0.815 bits per heavy atom. The number of amides is 2. The minimum absolute atomic E-state index is 0.00937. The molecule has 2 amide bonds. The summed E-state index contributed by atoms with van der Waals surface area (Å²) in [5.74, 6) is 2.14. The van der Waals surface area contributed by atoms with Crippen molar-refractivity contribution in [3.8, 4) is 23.0 Å². The van der Waals surface area contributed by atoms with E-state index in [-0.39, 0.29) is 35.5 Å². The van der Waals surface area contributed by atoms with Crippen LogP contribution in [0.2, 0.25) is 0 Å². The Balaban J connectivity index is 0.832. The summed E-state index contributed by atoms with van der Waals surface area (Å²) in [5.41, 5.74) is 2.46. The smallest absolute Gasteiger partial charge is 0.412 e. The maximum Gasteiger partial charge on any atom is 0.412 e. The summed E-state index contributed by atoms with van der Waals surface area (Å²) in [6.45, 7) is 7.82. The number of rotatable bonds is 13. The number of cyclic esters (lactones) is 1. The van der Waals surface area contributed by atoms with Gasteiger partial charge < -0.3 is 44.0 Å². The van der Waals surface area contributed by atoms with Crippen LogP contribution in [0.15, 0.2) is 36.4 Å². The number of methoxy groups -OCH3 is 3. The fourth-order valence-electron chi connectivity index (χ4n) is 11.2. The Morgan fingerprint density at radius 3 is 2.09 bits per heavy atom. The molecular formula is C42H57N3O9. The third-order valence-electron chi connectivity index (χ3n) is 12.6. The highest BCUT2D eigenvalue weighted by molar-refractivity contribution is 5.75. The molecule has 6 fully saturated rings. The molecule has 2 aromatic rings. The number of benzene rings is 2. The molecule has 4 atom stereocenters. The number of nitrogens with zero attached hydrogens (tertiary/aromatic N) is 1. The van der Waals surface area contributed by atoms with Gasteiger partial charge in [0.25, 0.3) is 0 Å². The molecule has 12 heteroatoms. The van der Waals surface area contributed by atoms with E-state index in [2.05, 4.69) is 29.4 Å². The topological polar surface area (TPSA) is 134 Å². The predicted octanol–water partition coefficient (Wildman–Crippen LogP) is 6.31. The van der Waals surface area contributed by atoms with Gasteiger partial charge in [0.1, 0.15) is 6.10 Å². The molecule has 2 aromatic carbocycles. The zero-order chi connectivity index (χ0) is 38.1. The summed E-state index contributed by atoms with van der Waals surface area (Å²) >= 11 is 0. The van der Waals surface area contributed by atoms with Crippen LogP contribution in [0.25, 0.3) is 0 Å². The van der Waals surface area contributed by atoms with Crippen LogP contribution >= 0.6 is 0 Å². The third kappa shape index (κ3) is 8.53. The van der Waals surface area contributed by atoms with Crippen LogP contribution in [-0.2, 0) is 27.1 Å². The highest BCUT2D eigenvalue weighted by atomic mass is 16.6. The minimum Gasteiger partial charge on any atom is -0.493 e. The standard InChI is InChI=1S/C42H57N3O9/c1-40-20-29-21-41(2,24-40)26-42(22-29,25-40)44-39(48)53-31-10-13-45(14-11-31)15-12-43-38(47)54-34-9-7-28(19-36(34)51-5)17-32-30(23-52-37(32)46)16-27-6-8-33(49-3)35(18-27)50-4/h6-9,18-19,29-32H,10-17,20-26H2,1-5H3,(H,43,47)(H,44,48)/t29?,30-,32+,40?,41?,42?/m0/s1. The van der Waals surface area contributed by atoms with Crippen LogP contribution in [0.3, 0.4) is 0 Å². The number of likely N-dealkylation sites (tertiary alicyclic amines) is 1. The highest BCUT2D eigenvalue weighted by Crippen LogP contribution is 2.66. The van der Waals surface area contributed by atoms with E-state index in [0.29, 0.717) is 72.3 Å². The van der Waals surface area contributed by atoms with E-state index < -0.39 is 6.09 Å². The predicted molar refractivity (Wildman–Crippen MR) is 201 cm³/mol. The van der Waals surface area contributed by atoms with E-state index in [9.17, 15) is 14.4 Å². The van der Waals surface area contributed by atoms with Gasteiger partial charge in [-0.3, -0.25) is 4.79 Å². The highest BCUT2D eigenvalue weighted by Gasteiger charge is 2.60. The maximum absolute atomic E-state index is 13.1. The lowest BCUT2D eigenvalue weighted by Crippen LogP contribution is -2.65. The van der Waals surface area contributed by atoms with Crippen LogP contribution in [0.1, 0.15) is 76.3 Å². The number of hydrogen-bond donors (Lipinski definition) is 2. The molecule has 6 aliphatic rings. The SMILES string of the molecule is COc1ccc(C[C@H]2COC(=O)[C@@H]2Cc2ccc(OC(=O)NCCN3CCC(OC(=O)NC45CC6CC(C)(CC(C)(C6)C4)C5)CC3)c(OC)c2)cc1OC. The Hall–Kier alpha value is -4.19. The maximum atomic E-state index is 13.1. The Kier molecular flexibility index (Phi) is 10.9. The monoisotopic (exact) mass is 747 g/mol. The molecule has 12 nitrogen and oxygen atoms in total. The molecule has 0 aromatic heterocycles. The minimum atomic E-state index is -0.572. The summed E-state index contributed by atoms with van der Waals surface area (Å²) in [5, 5.41) is 6.22. The molecule has 2 N–H and O–H groups in total. The van der Waals surface area contributed by atoms with Gasteiger partial charge in [-0.25, -0.2) is 9.59 Å². The molecule has 2 unspecified atom stereocenters. The van der Waals surface area contributed by atoms with Gasteiger partial charge in [0.15, 0.2) is 23.0 Å². The lowest BCUT2D eigenvalue weighted by Gasteiger charge is -2.65. The molecular weight excluding hydrogens is 690 g/mol. The summed E-state index contributed by atoms with van der Waals surface area (Å²) in [4.78, 5) is 40.9. The number of alkyl carbamates (subject to hydrolysis) is 1. The number of nitrogens with one attached hydrogen (secondary N) is 2. The van der Waals surface area contributed by atoms with Crippen LogP contribution in [-0.4, -0.2) is 88.8 Å². The fraction of sp³-hybridized carbons (Fsp3) is 0.643. The first-order valence-corrected chi connectivity index (χ1v) is 19.6. The van der Waals surface area contributed by atoms with Crippen LogP contribution < -0.4 is 29.6 Å². The average Bonchev–Trinajstić information content (AvgIpc) is 3.45. The van der Waals surface area contributed by atoms with Gasteiger partial charge in [-0.1, -0.05) is 26.0 Å². The molecule has 0 spiro atoms. The summed E-state index contributed by atoms with van der Waals surface area (Å²) in [6.07, 6.45) is 8.79. The first-order valence-electron chi connectivity index (χ1n) is 19.6. The lowest BCUT2D eigenvalue weighted by molar-refractivity contribution is -0.141. The van der Waals surface area contributed by atoms with Gasteiger partial charge >= 0.3 is 18.2 Å². The first-order chi connectivity index (χ1) is 25.9. The number of carbonyl (C=O) groups is 3. The van der Waals surface area contributed by atoms with Crippen molar-refractivity contribution in [3.63, 3.8) is 0 Å². The quantitative estimate of drug-likeness (QED) is 0.225. The molecule has 0 radical (unpaired) electrons. The molecule has 54 heavy (non-hydrogen) atoms. The molecule has 2 saturated heterocycles. The largest absolute Gasteiger partial charge is 0.493 e. The Labute approximate surface area is 318 Å². The van der Waals surface area contributed by atoms with Crippen LogP contribution in [0.4, 0.5) is 9.59 Å². The first kappa shape index (κ1) is 38.1. The normalized spacial score (nSPS) is 30.4. The van der Waals surface area contributed by atoms with Gasteiger partial charge in [-0.15, -0.1) is 0 Å². The zero-order valence-corrected chi connectivity index (χ0v) is 32.5. The average molecular weight is 748 g/mol. The second kappa shape index (κ2) is 15.5. The number of hydrogen-bond acceptors (Lipinski definition) is 10. The van der Waals surface area contributed by atoms with Crippen LogP contribution in [0.5, 0.6) is 23.0 Å². The summed E-state index contributed by atoms with van der Waals surface area (Å²) in [7, 11) is 4.72. The number of carbonyl (C=O) groups excluding carboxylic acids is 3. The number of piperidine rings is 1. The van der Waals surface area contributed by atoms with Crippen molar-refractivity contribution in [2.45, 2.75) is 89.7 Å². The van der Waals surface area contributed by atoms with Gasteiger partial charge in [0, 0.05) is 37.6 Å². The Morgan fingerprint density at radius 2 is 1.44 bits per heavy atom. The van der Waals surface area contributed by atoms with Crippen molar-refractivity contribution in [2.24, 2.45) is 28.6 Å². The van der Waals surface area contributed by atoms with E-state index in [1.54, 1.807) is 26.4 Å². The van der Waals surface area contributed by atoms with Crippen molar-refractivity contribution in [2.75, 3.05) is 54.1 Å². The zero-order valence-electron chi connectivity index (χ0n) is 32.5. The summed E-state index contributed by atoms with van der Waals surface area (Å²) < 4.78 is 33.4. The lowest BCUT2D eigenvalue weighted by atomic mass is 9.43. The Bertz CT molecular complexity index is 1690. The van der Waals surface area contributed by atoms with Crippen LogP contribution in [0, 0.1) is 28.6 Å². The summed E-state index contributed by atoms with van der Waals surface area (Å²) in [6, 6.07) is 11.1. The van der Waals surface area contributed by atoms with Crippen molar-refractivity contribution in [1.29, 1.82) is 0 Å². The van der Waals surface area contributed by atoms with Gasteiger partial charge in [-0.05, 0) is 116 Å². The van der Waals surface area contributed by atoms with E-state index >= 15 is 0 Å². The fourth-order valence-corrected chi connectivity index (χ4v) is 11.2. The van der Waals surface area contributed by atoms with E-state index in [4.69, 9.17) is 28.4 Å². The van der Waals surface area contributed by atoms with Crippen molar-refractivity contribution in [1.82, 2.24) is 15.5 Å². The van der Waals surface area contributed by atoms with Crippen molar-refractivity contribution < 1.29 is 42.8 Å². The number of esters is 1. The second-order valence-electron chi connectivity index (χ2n) is 17.4. The van der Waals surface area contributed by atoms with E-state index in [1.807, 2.05) is 24.3 Å². The van der Waals surface area contributed by atoms with Gasteiger partial charge in [-0.2, -0.15) is 0 Å². The molecule has 2 aliphatic heterocycles. The molecule has 4 saturated carbocycles. The van der Waals surface area contributed by atoms with E-state index in [0.717, 1.165) is 56.3 Å². The molecule has 4 bridgehead atoms. The van der Waals surface area contributed by atoms with Gasteiger partial charge in [0.05, 0.1) is 33.9 Å². The van der Waals surface area contributed by atoms with E-state index in [1.165, 1.54) is 26.4 Å². The number of ether oxygens (including phenoxy) is 6. The molecule has 294 valence electrons. The molecule has 2 heterocycles. The molecule has 4 aliphatic carbocycles. The van der Waals surface area contributed by atoms with Crippen molar-refractivity contribution >= 4 is 18.2 Å². The second-order valence-corrected chi connectivity index (χ2v) is 17.4. The van der Waals surface area contributed by atoms with Gasteiger partial charge in [0.2, 0.25) is 0 Å². The third-order valence-corrected chi connectivity index (χ3v) is 12.6. The molecule has 8 rings (SSSR count).